The molecule has 1 aromatic heterocycles. The lowest BCUT2D eigenvalue weighted by Crippen LogP contribution is -2.27. The fourth-order valence-corrected chi connectivity index (χ4v) is 4.45. The van der Waals surface area contributed by atoms with E-state index in [1.165, 1.54) is 11.8 Å². The van der Waals surface area contributed by atoms with Gasteiger partial charge in [0.15, 0.2) is 0 Å². The zero-order valence-corrected chi connectivity index (χ0v) is 20.4. The first kappa shape index (κ1) is 24.2. The van der Waals surface area contributed by atoms with Crippen molar-refractivity contribution in [2.45, 2.75) is 18.4 Å². The van der Waals surface area contributed by atoms with Crippen LogP contribution in [-0.4, -0.2) is 41.2 Å². The van der Waals surface area contributed by atoms with Gasteiger partial charge in [0.25, 0.3) is 5.91 Å². The average molecular weight is 487 g/mol. The molecule has 0 bridgehead atoms. The van der Waals surface area contributed by atoms with Gasteiger partial charge in [-0.15, -0.1) is 0 Å². The van der Waals surface area contributed by atoms with E-state index in [9.17, 15) is 9.59 Å². The molecule has 0 saturated carbocycles. The van der Waals surface area contributed by atoms with E-state index >= 15 is 0 Å². The van der Waals surface area contributed by atoms with Crippen molar-refractivity contribution in [2.24, 2.45) is 0 Å². The monoisotopic (exact) mass is 486 g/mol. The maximum atomic E-state index is 12.8. The van der Waals surface area contributed by atoms with Crippen molar-refractivity contribution in [1.82, 2.24) is 15.3 Å². The first-order valence-electron chi connectivity index (χ1n) is 11.2. The molecule has 0 fully saturated rings. The number of methoxy groups -OCH3 is 1. The summed E-state index contributed by atoms with van der Waals surface area (Å²) in [5.74, 6) is 1.16. The minimum Gasteiger partial charge on any atom is -0.497 e. The topological polar surface area (TPSA) is 93.2 Å². The summed E-state index contributed by atoms with van der Waals surface area (Å²) in [6.07, 6.45) is 0.688. The second kappa shape index (κ2) is 11.5. The maximum absolute atomic E-state index is 12.8. The fraction of sp³-hybridized carbons (Fsp3) is 0.185. The molecule has 0 aliphatic rings. The van der Waals surface area contributed by atoms with Gasteiger partial charge in [0.2, 0.25) is 5.91 Å². The summed E-state index contributed by atoms with van der Waals surface area (Å²) in [4.78, 5) is 34.4. The number of rotatable bonds is 9. The van der Waals surface area contributed by atoms with Crippen LogP contribution in [0, 0.1) is 6.92 Å². The SMILES string of the molecule is COc1ccc(CCNC(=O)c2ccccc2NC(=O)CSc2nc(C)nc3ccccc23)cc1. The minimum absolute atomic E-state index is 0.161. The lowest BCUT2D eigenvalue weighted by atomic mass is 10.1. The summed E-state index contributed by atoms with van der Waals surface area (Å²) < 4.78 is 5.17. The van der Waals surface area contributed by atoms with E-state index in [1.54, 1.807) is 31.4 Å². The van der Waals surface area contributed by atoms with Gasteiger partial charge in [0.1, 0.15) is 16.6 Å². The van der Waals surface area contributed by atoms with Gasteiger partial charge < -0.3 is 15.4 Å². The first-order chi connectivity index (χ1) is 17.0. The maximum Gasteiger partial charge on any atom is 0.253 e. The lowest BCUT2D eigenvalue weighted by Gasteiger charge is -2.12. The molecule has 8 heteroatoms. The number of fused-ring (bicyclic) bond motifs is 1. The van der Waals surface area contributed by atoms with Crippen molar-refractivity contribution in [1.29, 1.82) is 0 Å². The number of hydrogen-bond acceptors (Lipinski definition) is 6. The van der Waals surface area contributed by atoms with Crippen molar-refractivity contribution >= 4 is 40.2 Å². The third kappa shape index (κ3) is 6.36. The van der Waals surface area contributed by atoms with E-state index < -0.39 is 0 Å². The number of amides is 2. The Hall–Kier alpha value is -3.91. The minimum atomic E-state index is -0.237. The summed E-state index contributed by atoms with van der Waals surface area (Å²) >= 11 is 1.35. The van der Waals surface area contributed by atoms with Gasteiger partial charge >= 0.3 is 0 Å². The van der Waals surface area contributed by atoms with E-state index in [4.69, 9.17) is 4.74 Å². The van der Waals surface area contributed by atoms with Crippen LogP contribution in [0.3, 0.4) is 0 Å². The number of aryl methyl sites for hydroxylation is 1. The molecule has 0 unspecified atom stereocenters. The molecule has 4 aromatic rings. The average Bonchev–Trinajstić information content (AvgIpc) is 2.88. The Kier molecular flexibility index (Phi) is 7.95. The first-order valence-corrected chi connectivity index (χ1v) is 12.2. The molecule has 0 aliphatic carbocycles. The highest BCUT2D eigenvalue weighted by Crippen LogP contribution is 2.25. The number of benzene rings is 3. The van der Waals surface area contributed by atoms with Crippen LogP contribution in [0.15, 0.2) is 77.8 Å². The molecule has 0 atom stereocenters. The molecule has 0 spiro atoms. The number of ether oxygens (including phenoxy) is 1. The van der Waals surface area contributed by atoms with Crippen LogP contribution < -0.4 is 15.4 Å². The highest BCUT2D eigenvalue weighted by molar-refractivity contribution is 8.00. The third-order valence-corrected chi connectivity index (χ3v) is 6.32. The Labute approximate surface area is 208 Å². The Balaban J connectivity index is 1.35. The van der Waals surface area contributed by atoms with Gasteiger partial charge in [-0.2, -0.15) is 0 Å². The summed E-state index contributed by atoms with van der Waals surface area (Å²) in [5.41, 5.74) is 2.84. The Morgan fingerprint density at radius 1 is 0.943 bits per heavy atom. The zero-order chi connectivity index (χ0) is 24.6. The number of para-hydroxylation sites is 2. The predicted molar refractivity (Wildman–Crippen MR) is 139 cm³/mol. The number of carbonyl (C=O) groups is 2. The van der Waals surface area contributed by atoms with Crippen molar-refractivity contribution < 1.29 is 14.3 Å². The number of thioether (sulfide) groups is 1. The van der Waals surface area contributed by atoms with Crippen LogP contribution in [0.2, 0.25) is 0 Å². The van der Waals surface area contributed by atoms with E-state index in [0.29, 0.717) is 30.0 Å². The molecule has 35 heavy (non-hydrogen) atoms. The Morgan fingerprint density at radius 3 is 2.49 bits per heavy atom. The van der Waals surface area contributed by atoms with Crippen LogP contribution in [0.25, 0.3) is 10.9 Å². The van der Waals surface area contributed by atoms with E-state index in [0.717, 1.165) is 27.2 Å². The van der Waals surface area contributed by atoms with Gasteiger partial charge in [-0.1, -0.05) is 54.2 Å². The van der Waals surface area contributed by atoms with Gasteiger partial charge in [-0.05, 0) is 49.2 Å². The van der Waals surface area contributed by atoms with Gasteiger partial charge in [0.05, 0.1) is 29.6 Å². The van der Waals surface area contributed by atoms with Crippen molar-refractivity contribution in [3.05, 3.63) is 89.7 Å². The molecule has 178 valence electrons. The van der Waals surface area contributed by atoms with Crippen molar-refractivity contribution in [3.8, 4) is 5.75 Å². The van der Waals surface area contributed by atoms with Crippen LogP contribution in [-0.2, 0) is 11.2 Å². The van der Waals surface area contributed by atoms with Crippen LogP contribution in [0.4, 0.5) is 5.69 Å². The second-order valence-electron chi connectivity index (χ2n) is 7.83. The third-order valence-electron chi connectivity index (χ3n) is 5.32. The lowest BCUT2D eigenvalue weighted by molar-refractivity contribution is -0.113. The number of hydrogen-bond donors (Lipinski definition) is 2. The van der Waals surface area contributed by atoms with Crippen LogP contribution >= 0.6 is 11.8 Å². The predicted octanol–water partition coefficient (Wildman–Crippen LogP) is 4.65. The second-order valence-corrected chi connectivity index (χ2v) is 8.79. The number of nitrogens with zero attached hydrogens (tertiary/aromatic N) is 2. The van der Waals surface area contributed by atoms with Gasteiger partial charge in [0, 0.05) is 11.9 Å². The molecule has 1 heterocycles. The molecule has 7 nitrogen and oxygen atoms in total. The summed E-state index contributed by atoms with van der Waals surface area (Å²) in [6, 6.07) is 22.5. The molecule has 4 rings (SSSR count). The summed E-state index contributed by atoms with van der Waals surface area (Å²) in [5, 5.41) is 7.46. The smallest absolute Gasteiger partial charge is 0.253 e. The largest absolute Gasteiger partial charge is 0.497 e. The van der Waals surface area contributed by atoms with Crippen molar-refractivity contribution in [2.75, 3.05) is 24.7 Å². The van der Waals surface area contributed by atoms with Gasteiger partial charge in [-0.25, -0.2) is 9.97 Å². The fourth-order valence-electron chi connectivity index (χ4n) is 3.59. The van der Waals surface area contributed by atoms with E-state index in [-0.39, 0.29) is 17.6 Å². The summed E-state index contributed by atoms with van der Waals surface area (Å²) in [6.45, 7) is 2.31. The standard InChI is InChI=1S/C27H26N4O3S/c1-18-29-24-10-6-4-8-22(24)27(30-18)35-17-25(32)31-23-9-5-3-7-21(23)26(33)28-16-15-19-11-13-20(34-2)14-12-19/h3-14H,15-17H2,1-2H3,(H,28,33)(H,31,32). The molecule has 0 radical (unpaired) electrons. The molecule has 3 aromatic carbocycles. The van der Waals surface area contributed by atoms with Crippen molar-refractivity contribution in [3.63, 3.8) is 0 Å². The molecule has 0 saturated heterocycles. The zero-order valence-electron chi connectivity index (χ0n) is 19.6. The normalized spacial score (nSPS) is 10.7. The number of carbonyl (C=O) groups excluding carboxylic acids is 2. The summed E-state index contributed by atoms with van der Waals surface area (Å²) in [7, 11) is 1.63. The number of nitrogens with one attached hydrogen (secondary N) is 2. The van der Waals surface area contributed by atoms with Crippen LogP contribution in [0.5, 0.6) is 5.75 Å². The molecular formula is C27H26N4O3S. The van der Waals surface area contributed by atoms with Crippen LogP contribution in [0.1, 0.15) is 21.7 Å². The number of anilines is 1. The molecular weight excluding hydrogens is 460 g/mol. The quantitative estimate of drug-likeness (QED) is 0.264. The Morgan fingerprint density at radius 2 is 1.69 bits per heavy atom. The molecule has 2 N–H and O–H groups in total. The Bertz CT molecular complexity index is 1340. The highest BCUT2D eigenvalue weighted by atomic mass is 32.2. The molecule has 0 aliphatic heterocycles. The van der Waals surface area contributed by atoms with E-state index in [1.807, 2.05) is 55.5 Å². The molecule has 2 amide bonds. The number of aromatic nitrogens is 2. The van der Waals surface area contributed by atoms with Gasteiger partial charge in [-0.3, -0.25) is 9.59 Å². The van der Waals surface area contributed by atoms with E-state index in [2.05, 4.69) is 20.6 Å². The highest BCUT2D eigenvalue weighted by Gasteiger charge is 2.14.